The van der Waals surface area contributed by atoms with Crippen LogP contribution in [0.25, 0.3) is 0 Å². The monoisotopic (exact) mass is 322 g/mol. The molecular weight excluding hydrogens is 308 g/mol. The zero-order chi connectivity index (χ0) is 15.8. The normalized spacial score (nSPS) is 11.6. The van der Waals surface area contributed by atoms with Crippen LogP contribution in [0.2, 0.25) is 0 Å². The number of aliphatic carboxylic acids is 1. The molecule has 1 heterocycles. The van der Waals surface area contributed by atoms with Crippen LogP contribution in [-0.2, 0) is 9.59 Å². The van der Waals surface area contributed by atoms with Gasteiger partial charge in [-0.25, -0.2) is 4.79 Å². The molecule has 1 rings (SSSR count). The first-order chi connectivity index (χ1) is 9.97. The molecule has 0 radical (unpaired) electrons. The summed E-state index contributed by atoms with van der Waals surface area (Å²) in [6, 6.07) is 3.38. The molecule has 1 aromatic rings. The van der Waals surface area contributed by atoms with E-state index in [0.717, 1.165) is 9.11 Å². The Kier molecular flexibility index (Phi) is 6.84. The fourth-order valence-corrected chi connectivity index (χ4v) is 3.33. The van der Waals surface area contributed by atoms with E-state index in [1.54, 1.807) is 18.2 Å². The van der Waals surface area contributed by atoms with Crippen molar-refractivity contribution >= 4 is 40.6 Å². The van der Waals surface area contributed by atoms with Gasteiger partial charge in [0.05, 0.1) is 15.5 Å². The van der Waals surface area contributed by atoms with Crippen LogP contribution in [0.1, 0.15) is 23.0 Å². The van der Waals surface area contributed by atoms with Gasteiger partial charge in [-0.05, 0) is 25.1 Å². The van der Waals surface area contributed by atoms with E-state index in [1.165, 1.54) is 23.1 Å². The summed E-state index contributed by atoms with van der Waals surface area (Å²) in [6.07, 6.45) is 6.71. The number of carbonyl (C=O) groups is 3. The molecule has 0 saturated heterocycles. The molecule has 0 unspecified atom stereocenters. The van der Waals surface area contributed by atoms with Crippen LogP contribution < -0.4 is 0 Å². The van der Waals surface area contributed by atoms with Crippen LogP contribution in [0.15, 0.2) is 52.1 Å². The fourth-order valence-electron chi connectivity index (χ4n) is 1.30. The van der Waals surface area contributed by atoms with E-state index in [9.17, 15) is 14.4 Å². The van der Waals surface area contributed by atoms with Crippen molar-refractivity contribution in [2.24, 2.45) is 0 Å². The zero-order valence-electron chi connectivity index (χ0n) is 11.4. The molecule has 0 fully saturated rings. The maximum atomic E-state index is 11.8. The van der Waals surface area contributed by atoms with Crippen molar-refractivity contribution in [3.63, 3.8) is 0 Å². The van der Waals surface area contributed by atoms with E-state index >= 15 is 0 Å². The van der Waals surface area contributed by atoms with Gasteiger partial charge in [-0.3, -0.25) is 9.59 Å². The van der Waals surface area contributed by atoms with Gasteiger partial charge in [-0.1, -0.05) is 36.6 Å². The number of thiophene rings is 1. The van der Waals surface area contributed by atoms with Gasteiger partial charge in [0.25, 0.3) is 0 Å². The van der Waals surface area contributed by atoms with E-state index in [-0.39, 0.29) is 0 Å². The van der Waals surface area contributed by atoms with E-state index in [4.69, 9.17) is 5.11 Å². The summed E-state index contributed by atoms with van der Waals surface area (Å²) in [4.78, 5) is 34.6. The molecule has 0 amide bonds. The van der Waals surface area contributed by atoms with Crippen molar-refractivity contribution in [1.82, 2.24) is 0 Å². The van der Waals surface area contributed by atoms with Crippen molar-refractivity contribution < 1.29 is 19.5 Å². The van der Waals surface area contributed by atoms with Crippen molar-refractivity contribution in [3.05, 3.63) is 52.8 Å². The predicted molar refractivity (Wildman–Crippen MR) is 84.9 cm³/mol. The van der Waals surface area contributed by atoms with Gasteiger partial charge in [0.15, 0.2) is 5.78 Å². The van der Waals surface area contributed by atoms with Gasteiger partial charge >= 0.3 is 5.97 Å². The largest absolute Gasteiger partial charge is 0.475 e. The molecular formula is C15H14O4S2. The smallest absolute Gasteiger partial charge is 0.372 e. The van der Waals surface area contributed by atoms with Gasteiger partial charge in [-0.2, -0.15) is 0 Å². The first-order valence-electron chi connectivity index (χ1n) is 6.00. The Bertz CT molecular complexity index is 623. The molecule has 110 valence electrons. The number of carboxylic acids is 1. The highest BCUT2D eigenvalue weighted by molar-refractivity contribution is 8.05. The second-order valence-electron chi connectivity index (χ2n) is 3.83. The number of thioether (sulfide) groups is 1. The third-order valence-corrected chi connectivity index (χ3v) is 4.68. The van der Waals surface area contributed by atoms with Crippen LogP contribution in [0.4, 0.5) is 0 Å². The number of ketones is 2. The Morgan fingerprint density at radius 2 is 2.10 bits per heavy atom. The molecule has 1 N–H and O–H groups in total. The van der Waals surface area contributed by atoms with Crippen molar-refractivity contribution in [3.8, 4) is 0 Å². The molecule has 0 saturated carbocycles. The summed E-state index contributed by atoms with van der Waals surface area (Å²) in [5.41, 5.74) is 0. The minimum Gasteiger partial charge on any atom is -0.475 e. The highest BCUT2D eigenvalue weighted by atomic mass is 32.2. The summed E-state index contributed by atoms with van der Waals surface area (Å²) in [5, 5.41) is 8.49. The minimum atomic E-state index is -1.58. The molecule has 0 aliphatic carbocycles. The first-order valence-corrected chi connectivity index (χ1v) is 7.63. The van der Waals surface area contributed by atoms with E-state index in [1.807, 2.05) is 25.2 Å². The van der Waals surface area contributed by atoms with Gasteiger partial charge in [-0.15, -0.1) is 11.3 Å². The highest BCUT2D eigenvalue weighted by Crippen LogP contribution is 2.33. The topological polar surface area (TPSA) is 71.4 Å². The number of Topliss-reactive ketones (excluding diaryl/α,β-unsaturated/α-hetero) is 2. The lowest BCUT2D eigenvalue weighted by molar-refractivity contribution is -0.148. The van der Waals surface area contributed by atoms with E-state index in [0.29, 0.717) is 4.88 Å². The molecule has 0 aliphatic heterocycles. The average molecular weight is 322 g/mol. The summed E-state index contributed by atoms with van der Waals surface area (Å²) in [5.74, 6) is -3.14. The lowest BCUT2D eigenvalue weighted by atomic mass is 10.2. The van der Waals surface area contributed by atoms with Crippen LogP contribution in [0.3, 0.4) is 0 Å². The summed E-state index contributed by atoms with van der Waals surface area (Å²) >= 11 is 2.72. The molecule has 0 bridgehead atoms. The second-order valence-corrected chi connectivity index (χ2v) is 6.29. The Hall–Kier alpha value is -1.92. The summed E-state index contributed by atoms with van der Waals surface area (Å²) in [6.45, 7) is 5.50. The average Bonchev–Trinajstić information content (AvgIpc) is 2.91. The summed E-state index contributed by atoms with van der Waals surface area (Å²) in [7, 11) is 0. The van der Waals surface area contributed by atoms with Crippen molar-refractivity contribution in [2.75, 3.05) is 0 Å². The van der Waals surface area contributed by atoms with Crippen molar-refractivity contribution in [2.45, 2.75) is 17.6 Å². The van der Waals surface area contributed by atoms with Crippen LogP contribution >= 0.6 is 23.1 Å². The number of allylic oxidation sites excluding steroid dienone is 4. The standard InChI is InChI=1S/C15H14O4S2/c1-3-5-6-10(4-2)20-14-8-7-13(21-14)11(16)9-12(17)15(18)19/h3-8H,1,9H2,2H3,(H,18,19)/b6-5-,10-4+. The molecule has 6 heteroatoms. The Morgan fingerprint density at radius 1 is 1.38 bits per heavy atom. The Labute approximate surface area is 130 Å². The van der Waals surface area contributed by atoms with E-state index in [2.05, 4.69) is 6.58 Å². The Balaban J connectivity index is 2.75. The maximum Gasteiger partial charge on any atom is 0.372 e. The van der Waals surface area contributed by atoms with Gasteiger partial charge in [0.1, 0.15) is 0 Å². The fraction of sp³-hybridized carbons (Fsp3) is 0.133. The lowest BCUT2D eigenvalue weighted by Gasteiger charge is -1.97. The number of carboxylic acid groups (broad SMARTS) is 1. The van der Waals surface area contributed by atoms with Crippen molar-refractivity contribution in [1.29, 1.82) is 0 Å². The highest BCUT2D eigenvalue weighted by Gasteiger charge is 2.19. The molecule has 4 nitrogen and oxygen atoms in total. The maximum absolute atomic E-state index is 11.8. The zero-order valence-corrected chi connectivity index (χ0v) is 13.0. The minimum absolute atomic E-state index is 0.384. The van der Waals surface area contributed by atoms with Gasteiger partial charge in [0.2, 0.25) is 5.78 Å². The number of hydrogen-bond acceptors (Lipinski definition) is 5. The SMILES string of the molecule is C=C/C=C\C(=C/C)Sc1ccc(C(=O)CC(=O)C(=O)O)s1. The van der Waals surface area contributed by atoms with E-state index < -0.39 is 24.0 Å². The van der Waals surface area contributed by atoms with Crippen LogP contribution in [0, 0.1) is 0 Å². The number of rotatable bonds is 8. The van der Waals surface area contributed by atoms with Gasteiger partial charge < -0.3 is 5.11 Å². The molecule has 0 aromatic carbocycles. The quantitative estimate of drug-likeness (QED) is 0.260. The van der Waals surface area contributed by atoms with Crippen LogP contribution in [-0.4, -0.2) is 22.6 Å². The first kappa shape index (κ1) is 17.1. The Morgan fingerprint density at radius 3 is 2.67 bits per heavy atom. The third-order valence-electron chi connectivity index (χ3n) is 2.32. The summed E-state index contributed by atoms with van der Waals surface area (Å²) < 4.78 is 0.892. The molecule has 1 aromatic heterocycles. The second kappa shape index (κ2) is 8.39. The lowest BCUT2D eigenvalue weighted by Crippen LogP contribution is -2.16. The predicted octanol–water partition coefficient (Wildman–Crippen LogP) is 3.71. The third kappa shape index (κ3) is 5.53. The molecule has 21 heavy (non-hydrogen) atoms. The molecule has 0 spiro atoms. The molecule has 0 aliphatic rings. The van der Waals surface area contributed by atoms with Gasteiger partial charge in [0, 0.05) is 4.91 Å². The molecule has 0 atom stereocenters. The number of hydrogen-bond donors (Lipinski definition) is 1. The number of carbonyl (C=O) groups excluding carboxylic acids is 2. The van der Waals surface area contributed by atoms with Crippen LogP contribution in [0.5, 0.6) is 0 Å².